The number of nitrogens with zero attached hydrogens (tertiary/aromatic N) is 2. The van der Waals surface area contributed by atoms with Crippen LogP contribution in [-0.4, -0.2) is 21.2 Å². The molecule has 0 saturated heterocycles. The summed E-state index contributed by atoms with van der Waals surface area (Å²) in [6, 6.07) is 20.9. The van der Waals surface area contributed by atoms with Gasteiger partial charge in [0, 0.05) is 12.3 Å². The average molecular weight is 387 g/mol. The second-order valence-corrected chi connectivity index (χ2v) is 6.65. The van der Waals surface area contributed by atoms with Crippen LogP contribution >= 0.6 is 0 Å². The summed E-state index contributed by atoms with van der Waals surface area (Å²) in [5.41, 5.74) is 2.81. The largest absolute Gasteiger partial charge is 0.471 e. The van der Waals surface area contributed by atoms with Crippen molar-refractivity contribution >= 4 is 22.8 Å². The first-order valence-corrected chi connectivity index (χ1v) is 9.32. The van der Waals surface area contributed by atoms with Crippen LogP contribution in [0.1, 0.15) is 24.1 Å². The second kappa shape index (κ2) is 8.43. The van der Waals surface area contributed by atoms with Crippen LogP contribution in [0.15, 0.2) is 72.9 Å². The number of carbonyl (C=O) groups excluding carboxylic acids is 1. The highest BCUT2D eigenvalue weighted by Crippen LogP contribution is 2.24. The minimum Gasteiger partial charge on any atom is -0.471 e. The molecule has 0 spiro atoms. The van der Waals surface area contributed by atoms with Crippen molar-refractivity contribution in [1.29, 1.82) is 0 Å². The highest BCUT2D eigenvalue weighted by Gasteiger charge is 2.12. The Balaban J connectivity index is 1.39. The number of aromatic nitrogens is 3. The molecule has 0 saturated carbocycles. The van der Waals surface area contributed by atoms with Gasteiger partial charge in [-0.05, 0) is 18.1 Å². The summed E-state index contributed by atoms with van der Waals surface area (Å²) in [5, 5.41) is 13.5. The molecule has 0 aliphatic carbocycles. The lowest BCUT2D eigenvalue weighted by Gasteiger charge is -2.14. The lowest BCUT2D eigenvalue weighted by Crippen LogP contribution is -2.31. The maximum absolute atomic E-state index is 12.3. The Morgan fingerprint density at radius 3 is 2.59 bits per heavy atom. The molecular formula is C22H21N5O2. The number of urea groups is 1. The van der Waals surface area contributed by atoms with Crippen LogP contribution in [0.25, 0.3) is 10.9 Å². The molecule has 0 radical (unpaired) electrons. The van der Waals surface area contributed by atoms with Crippen LogP contribution in [0.5, 0.6) is 5.88 Å². The number of benzene rings is 2. The van der Waals surface area contributed by atoms with Crippen LogP contribution in [0.2, 0.25) is 0 Å². The maximum Gasteiger partial charge on any atom is 0.320 e. The number of anilines is 1. The van der Waals surface area contributed by atoms with Crippen molar-refractivity contribution in [3.05, 3.63) is 84.1 Å². The topological polar surface area (TPSA) is 91.9 Å². The minimum absolute atomic E-state index is 0.120. The number of aromatic amines is 1. The van der Waals surface area contributed by atoms with Crippen LogP contribution in [0, 0.1) is 0 Å². The van der Waals surface area contributed by atoms with Gasteiger partial charge in [0.25, 0.3) is 0 Å². The predicted molar refractivity (Wildman–Crippen MR) is 112 cm³/mol. The molecule has 2 heterocycles. The number of nitrogens with one attached hydrogen (secondary N) is 3. The third-order valence-electron chi connectivity index (χ3n) is 4.52. The molecule has 1 unspecified atom stereocenters. The van der Waals surface area contributed by atoms with Crippen LogP contribution in [0.3, 0.4) is 0 Å². The van der Waals surface area contributed by atoms with Crippen molar-refractivity contribution < 1.29 is 9.53 Å². The Bertz CT molecular complexity index is 1100. The molecule has 4 aromatic rings. The Labute approximate surface area is 168 Å². The van der Waals surface area contributed by atoms with E-state index in [4.69, 9.17) is 4.74 Å². The Kier molecular flexibility index (Phi) is 5.38. The number of pyridine rings is 1. The van der Waals surface area contributed by atoms with Gasteiger partial charge in [-0.3, -0.25) is 10.4 Å². The van der Waals surface area contributed by atoms with Gasteiger partial charge < -0.3 is 10.1 Å². The predicted octanol–water partition coefficient (Wildman–Crippen LogP) is 4.42. The molecule has 0 fully saturated rings. The van der Waals surface area contributed by atoms with Crippen molar-refractivity contribution in [3.8, 4) is 5.88 Å². The zero-order valence-electron chi connectivity index (χ0n) is 15.9. The van der Waals surface area contributed by atoms with Crippen molar-refractivity contribution in [3.63, 3.8) is 0 Å². The van der Waals surface area contributed by atoms with Gasteiger partial charge in [0.05, 0.1) is 16.9 Å². The van der Waals surface area contributed by atoms with Crippen molar-refractivity contribution in [2.24, 2.45) is 0 Å². The number of amides is 2. The molecule has 7 heteroatoms. The molecule has 3 N–H and O–H groups in total. The quantitative estimate of drug-likeness (QED) is 0.457. The monoisotopic (exact) mass is 387 g/mol. The molecule has 1 atom stereocenters. The first-order chi connectivity index (χ1) is 14.2. The molecular weight excluding hydrogens is 366 g/mol. The second-order valence-electron chi connectivity index (χ2n) is 6.65. The maximum atomic E-state index is 12.3. The van der Waals surface area contributed by atoms with Crippen molar-refractivity contribution in [2.45, 2.75) is 19.6 Å². The number of hydrogen-bond acceptors (Lipinski definition) is 4. The van der Waals surface area contributed by atoms with Gasteiger partial charge in [0.15, 0.2) is 0 Å². The van der Waals surface area contributed by atoms with Crippen LogP contribution in [0.4, 0.5) is 10.6 Å². The number of ether oxygens (including phenoxy) is 1. The lowest BCUT2D eigenvalue weighted by atomic mass is 10.1. The van der Waals surface area contributed by atoms with E-state index in [0.29, 0.717) is 18.3 Å². The normalized spacial score (nSPS) is 11.8. The molecule has 0 aliphatic heterocycles. The number of hydrogen-bond donors (Lipinski definition) is 3. The summed E-state index contributed by atoms with van der Waals surface area (Å²) in [4.78, 5) is 16.6. The van der Waals surface area contributed by atoms with Gasteiger partial charge in [-0.2, -0.15) is 0 Å². The molecule has 146 valence electrons. The Morgan fingerprint density at radius 1 is 1.10 bits per heavy atom. The summed E-state index contributed by atoms with van der Waals surface area (Å²) < 4.78 is 5.79. The highest BCUT2D eigenvalue weighted by atomic mass is 16.5. The highest BCUT2D eigenvalue weighted by molar-refractivity contribution is 5.92. The number of carbonyl (C=O) groups is 1. The molecule has 7 nitrogen and oxygen atoms in total. The number of fused-ring (bicyclic) bond motifs is 1. The van der Waals surface area contributed by atoms with Gasteiger partial charge >= 0.3 is 6.03 Å². The molecule has 29 heavy (non-hydrogen) atoms. The Morgan fingerprint density at radius 2 is 1.83 bits per heavy atom. The van der Waals surface area contributed by atoms with E-state index in [-0.39, 0.29) is 12.1 Å². The van der Waals surface area contributed by atoms with E-state index in [1.165, 1.54) is 0 Å². The third-order valence-corrected chi connectivity index (χ3v) is 4.52. The van der Waals surface area contributed by atoms with E-state index < -0.39 is 0 Å². The standard InChI is InChI=1S/C22H21N5O2/c1-15(17-10-6-3-7-11-17)24-22(28)25-20-12-19-18(13-23-20)21(27-26-19)29-14-16-8-4-2-5-9-16/h2-13,15H,14H2,1H3,(H,26,27)(H2,23,24,25,28). The van der Waals surface area contributed by atoms with Crippen LogP contribution in [-0.2, 0) is 6.61 Å². The summed E-state index contributed by atoms with van der Waals surface area (Å²) in [5.74, 6) is 0.901. The molecule has 0 bridgehead atoms. The van der Waals surface area contributed by atoms with Gasteiger partial charge in [-0.25, -0.2) is 9.78 Å². The first-order valence-electron chi connectivity index (χ1n) is 9.32. The van der Waals surface area contributed by atoms with E-state index in [1.54, 1.807) is 12.3 Å². The third kappa shape index (κ3) is 4.52. The van der Waals surface area contributed by atoms with Gasteiger partial charge in [-0.15, -0.1) is 5.10 Å². The first kappa shape index (κ1) is 18.5. The van der Waals surface area contributed by atoms with E-state index >= 15 is 0 Å². The Hall–Kier alpha value is -3.87. The molecule has 2 aromatic carbocycles. The number of H-pyrrole nitrogens is 1. The van der Waals surface area contributed by atoms with E-state index in [0.717, 1.165) is 22.0 Å². The van der Waals surface area contributed by atoms with Crippen molar-refractivity contribution in [1.82, 2.24) is 20.5 Å². The zero-order chi connectivity index (χ0) is 20.1. The molecule has 2 amide bonds. The molecule has 2 aromatic heterocycles. The summed E-state index contributed by atoms with van der Waals surface area (Å²) in [7, 11) is 0. The summed E-state index contributed by atoms with van der Waals surface area (Å²) >= 11 is 0. The molecule has 4 rings (SSSR count). The van der Waals surface area contributed by atoms with Gasteiger partial charge in [-0.1, -0.05) is 60.7 Å². The van der Waals surface area contributed by atoms with Gasteiger partial charge in [0.2, 0.25) is 5.88 Å². The molecule has 0 aliphatic rings. The zero-order valence-corrected chi connectivity index (χ0v) is 15.9. The van der Waals surface area contributed by atoms with Crippen molar-refractivity contribution in [2.75, 3.05) is 5.32 Å². The fraction of sp³-hybridized carbons (Fsp3) is 0.136. The smallest absolute Gasteiger partial charge is 0.320 e. The van der Waals surface area contributed by atoms with E-state index in [2.05, 4.69) is 25.8 Å². The summed E-state index contributed by atoms with van der Waals surface area (Å²) in [6.45, 7) is 2.34. The SMILES string of the molecule is CC(NC(=O)Nc1cc2[nH]nc(OCc3ccccc3)c2cn1)c1ccccc1. The fourth-order valence-corrected chi connectivity index (χ4v) is 2.97. The van der Waals surface area contributed by atoms with E-state index in [1.807, 2.05) is 67.6 Å². The minimum atomic E-state index is -0.326. The summed E-state index contributed by atoms with van der Waals surface area (Å²) in [6.07, 6.45) is 1.63. The number of rotatable bonds is 6. The van der Waals surface area contributed by atoms with Crippen LogP contribution < -0.4 is 15.4 Å². The fourth-order valence-electron chi connectivity index (χ4n) is 2.97. The van der Waals surface area contributed by atoms with E-state index in [9.17, 15) is 4.79 Å². The average Bonchev–Trinajstić information content (AvgIpc) is 3.15. The lowest BCUT2D eigenvalue weighted by molar-refractivity contribution is 0.249. The van der Waals surface area contributed by atoms with Gasteiger partial charge in [0.1, 0.15) is 12.4 Å².